The van der Waals surface area contributed by atoms with Crippen LogP contribution in [0, 0.1) is 11.3 Å². The number of nitrogens with zero attached hydrogens (tertiary/aromatic N) is 1. The highest BCUT2D eigenvalue weighted by Gasteiger charge is 2.23. The van der Waals surface area contributed by atoms with Crippen LogP contribution in [0.1, 0.15) is 35.2 Å². The molecule has 162 valence electrons. The third-order valence-corrected chi connectivity index (χ3v) is 6.34. The molecule has 2 amide bonds. The van der Waals surface area contributed by atoms with Gasteiger partial charge in [0.15, 0.2) is 0 Å². The molecule has 1 fully saturated rings. The monoisotopic (exact) mass is 438 g/mol. The van der Waals surface area contributed by atoms with Crippen LogP contribution in [0.4, 0.5) is 0 Å². The van der Waals surface area contributed by atoms with E-state index < -0.39 is 22.7 Å². The summed E-state index contributed by atoms with van der Waals surface area (Å²) in [6, 6.07) is 14.0. The lowest BCUT2D eigenvalue weighted by molar-refractivity contribution is -0.124. The average molecular weight is 439 g/mol. The summed E-state index contributed by atoms with van der Waals surface area (Å²) >= 11 is 0. The Balaban J connectivity index is 1.70. The molecule has 0 bridgehead atoms. The minimum absolute atomic E-state index is 0.127. The van der Waals surface area contributed by atoms with Crippen molar-refractivity contribution in [1.29, 1.82) is 5.26 Å². The fraction of sp³-hybridized carbons (Fsp3) is 0.348. The summed E-state index contributed by atoms with van der Waals surface area (Å²) < 4.78 is 12.0. The fourth-order valence-electron chi connectivity index (χ4n) is 3.69. The molecular formula is C23H26N4O3S. The molecule has 0 saturated carbocycles. The van der Waals surface area contributed by atoms with Crippen molar-refractivity contribution in [3.8, 4) is 17.2 Å². The summed E-state index contributed by atoms with van der Waals surface area (Å²) in [6.45, 7) is 0.824. The number of benzene rings is 2. The van der Waals surface area contributed by atoms with Crippen LogP contribution in [0.25, 0.3) is 11.1 Å². The molecule has 4 N–H and O–H groups in total. The van der Waals surface area contributed by atoms with E-state index in [1.165, 1.54) is 6.26 Å². The average Bonchev–Trinajstić information content (AvgIpc) is 2.79. The van der Waals surface area contributed by atoms with Gasteiger partial charge in [0.05, 0.1) is 33.4 Å². The Labute approximate surface area is 184 Å². The van der Waals surface area contributed by atoms with E-state index in [-0.39, 0.29) is 17.5 Å². The van der Waals surface area contributed by atoms with Crippen LogP contribution < -0.4 is 16.4 Å². The molecule has 0 aliphatic carbocycles. The van der Waals surface area contributed by atoms with E-state index in [9.17, 15) is 19.1 Å². The molecule has 31 heavy (non-hydrogen) atoms. The van der Waals surface area contributed by atoms with Crippen molar-refractivity contribution < 1.29 is 13.8 Å². The summed E-state index contributed by atoms with van der Waals surface area (Å²) in [5.74, 6) is -0.738. The number of carbonyl (C=O) groups is 2. The zero-order valence-electron chi connectivity index (χ0n) is 17.4. The minimum atomic E-state index is -1.35. The summed E-state index contributed by atoms with van der Waals surface area (Å²) in [7, 11) is -1.35. The lowest BCUT2D eigenvalue weighted by atomic mass is 9.99. The van der Waals surface area contributed by atoms with Gasteiger partial charge in [-0.25, -0.2) is 0 Å². The highest BCUT2D eigenvalue weighted by molar-refractivity contribution is 7.84. The standard InChI is InChI=1S/C23H26N4O3S/c1-31(30)21-13-17(9-10-19(21)22(25)28)16-7-5-15(6-8-16)12-18(14-24)27-23(29)20-4-2-3-11-26-20/h5-10,13,18,20,26H,2-4,11-12H2,1H3,(H2,25,28)(H,27,29)/t18-,20?,31?/m0/s1. The molecule has 1 aliphatic heterocycles. The largest absolute Gasteiger partial charge is 0.366 e. The third-order valence-electron chi connectivity index (χ3n) is 5.38. The van der Waals surface area contributed by atoms with Crippen molar-refractivity contribution in [2.75, 3.05) is 12.8 Å². The van der Waals surface area contributed by atoms with Crippen LogP contribution >= 0.6 is 0 Å². The number of nitrogens with two attached hydrogens (primary N) is 1. The van der Waals surface area contributed by atoms with Gasteiger partial charge in [-0.3, -0.25) is 13.8 Å². The number of nitrogens with one attached hydrogen (secondary N) is 2. The van der Waals surface area contributed by atoms with Crippen molar-refractivity contribution in [3.05, 3.63) is 53.6 Å². The van der Waals surface area contributed by atoms with Gasteiger partial charge in [0.2, 0.25) is 11.8 Å². The molecular weight excluding hydrogens is 412 g/mol. The zero-order chi connectivity index (χ0) is 22.4. The number of nitriles is 1. The Morgan fingerprint density at radius 3 is 2.52 bits per heavy atom. The normalized spacial score (nSPS) is 17.9. The Morgan fingerprint density at radius 1 is 1.23 bits per heavy atom. The van der Waals surface area contributed by atoms with Gasteiger partial charge in [0.25, 0.3) is 0 Å². The molecule has 3 atom stereocenters. The van der Waals surface area contributed by atoms with Gasteiger partial charge in [-0.15, -0.1) is 0 Å². The summed E-state index contributed by atoms with van der Waals surface area (Å²) in [4.78, 5) is 24.3. The van der Waals surface area contributed by atoms with Crippen LogP contribution in [0.3, 0.4) is 0 Å². The number of amides is 2. The summed E-state index contributed by atoms with van der Waals surface area (Å²) in [6.07, 6.45) is 4.78. The van der Waals surface area contributed by atoms with Gasteiger partial charge >= 0.3 is 0 Å². The van der Waals surface area contributed by atoms with Crippen LogP contribution in [0.5, 0.6) is 0 Å². The first kappa shape index (κ1) is 22.7. The second kappa shape index (κ2) is 10.3. The van der Waals surface area contributed by atoms with E-state index >= 15 is 0 Å². The molecule has 2 aromatic rings. The lowest BCUT2D eigenvalue weighted by Gasteiger charge is -2.23. The molecule has 1 heterocycles. The topological polar surface area (TPSA) is 125 Å². The maximum Gasteiger partial charge on any atom is 0.249 e. The van der Waals surface area contributed by atoms with Gasteiger partial charge in [-0.05, 0) is 48.2 Å². The second-order valence-corrected chi connectivity index (χ2v) is 8.97. The third kappa shape index (κ3) is 5.78. The van der Waals surface area contributed by atoms with Crippen LogP contribution in [0.2, 0.25) is 0 Å². The molecule has 0 spiro atoms. The lowest BCUT2D eigenvalue weighted by Crippen LogP contribution is -2.49. The first-order valence-electron chi connectivity index (χ1n) is 10.2. The number of hydrogen-bond donors (Lipinski definition) is 3. The van der Waals surface area contributed by atoms with Crippen molar-refractivity contribution in [2.24, 2.45) is 5.73 Å². The predicted octanol–water partition coefficient (Wildman–Crippen LogP) is 1.88. The fourth-order valence-corrected chi connectivity index (χ4v) is 4.46. The van der Waals surface area contributed by atoms with Crippen LogP contribution in [-0.2, 0) is 22.0 Å². The van der Waals surface area contributed by atoms with E-state index in [4.69, 9.17) is 5.73 Å². The number of hydrogen-bond acceptors (Lipinski definition) is 5. The Bertz CT molecular complexity index is 1020. The molecule has 0 radical (unpaired) electrons. The molecule has 2 aromatic carbocycles. The number of rotatable bonds is 7. The second-order valence-electron chi connectivity index (χ2n) is 7.62. The molecule has 3 rings (SSSR count). The van der Waals surface area contributed by atoms with Gasteiger partial charge in [-0.2, -0.15) is 5.26 Å². The van der Waals surface area contributed by atoms with E-state index in [1.54, 1.807) is 18.2 Å². The maximum absolute atomic E-state index is 12.4. The number of primary amides is 1. The SMILES string of the molecule is CS(=O)c1cc(-c2ccc(C[C@@H](C#N)NC(=O)C3CCCCN3)cc2)ccc1C(N)=O. The molecule has 1 aliphatic rings. The van der Waals surface area contributed by atoms with E-state index in [2.05, 4.69) is 16.7 Å². The molecule has 2 unspecified atom stereocenters. The van der Waals surface area contributed by atoms with Crippen molar-refractivity contribution in [3.63, 3.8) is 0 Å². The molecule has 8 heteroatoms. The van der Waals surface area contributed by atoms with Gasteiger partial charge < -0.3 is 16.4 Å². The van der Waals surface area contributed by atoms with Gasteiger partial charge in [-0.1, -0.05) is 36.8 Å². The number of carbonyl (C=O) groups excluding carboxylic acids is 2. The van der Waals surface area contributed by atoms with E-state index in [1.807, 2.05) is 24.3 Å². The summed E-state index contributed by atoms with van der Waals surface area (Å²) in [5.41, 5.74) is 8.24. The smallest absolute Gasteiger partial charge is 0.249 e. The maximum atomic E-state index is 12.4. The van der Waals surface area contributed by atoms with Crippen molar-refractivity contribution >= 4 is 22.6 Å². The van der Waals surface area contributed by atoms with Gasteiger partial charge in [0, 0.05) is 12.7 Å². The van der Waals surface area contributed by atoms with Crippen LogP contribution in [0.15, 0.2) is 47.4 Å². The highest BCUT2D eigenvalue weighted by Crippen LogP contribution is 2.25. The first-order chi connectivity index (χ1) is 14.9. The first-order valence-corrected chi connectivity index (χ1v) is 11.7. The Hall–Kier alpha value is -3.02. The zero-order valence-corrected chi connectivity index (χ0v) is 18.2. The predicted molar refractivity (Wildman–Crippen MR) is 120 cm³/mol. The van der Waals surface area contributed by atoms with E-state index in [0.29, 0.717) is 11.3 Å². The van der Waals surface area contributed by atoms with Crippen molar-refractivity contribution in [1.82, 2.24) is 10.6 Å². The van der Waals surface area contributed by atoms with Gasteiger partial charge in [0.1, 0.15) is 6.04 Å². The van der Waals surface area contributed by atoms with E-state index in [0.717, 1.165) is 42.5 Å². The Morgan fingerprint density at radius 2 is 1.94 bits per heavy atom. The minimum Gasteiger partial charge on any atom is -0.366 e. The van der Waals surface area contributed by atoms with Crippen molar-refractivity contribution in [2.45, 2.75) is 42.7 Å². The van der Waals surface area contributed by atoms with Crippen LogP contribution in [-0.4, -0.2) is 40.9 Å². The summed E-state index contributed by atoms with van der Waals surface area (Å²) in [5, 5.41) is 15.5. The molecule has 1 saturated heterocycles. The Kier molecular flexibility index (Phi) is 7.55. The number of piperidine rings is 1. The highest BCUT2D eigenvalue weighted by atomic mass is 32.2. The quantitative estimate of drug-likeness (QED) is 0.609. The molecule has 7 nitrogen and oxygen atoms in total. The molecule has 0 aromatic heterocycles.